The number of nitro groups is 1. The van der Waals surface area contributed by atoms with Gasteiger partial charge in [-0.15, -0.1) is 0 Å². The van der Waals surface area contributed by atoms with Gasteiger partial charge < -0.3 is 15.5 Å². The largest absolute Gasteiger partial charge is 0.373 e. The molecule has 0 saturated carbocycles. The highest BCUT2D eigenvalue weighted by Crippen LogP contribution is 2.23. The third-order valence-electron chi connectivity index (χ3n) is 3.42. The summed E-state index contributed by atoms with van der Waals surface area (Å²) in [6.07, 6.45) is 2.41. The van der Waals surface area contributed by atoms with Gasteiger partial charge in [0.1, 0.15) is 5.82 Å². The SMILES string of the molecule is CNc1ccc([N+](=O)[O-])c(NCCC(=O)N2CCCC2)n1. The predicted octanol–water partition coefficient (Wildman–Crippen LogP) is 1.46. The standard InChI is InChI=1S/C13H19N5O3/c1-14-11-5-4-10(18(20)21)13(16-11)15-7-6-12(19)17-8-2-3-9-17/h4-5H,2-3,6-9H2,1H3,(H2,14,15,16). The number of hydrogen-bond donors (Lipinski definition) is 2. The molecule has 2 rings (SSSR count). The number of carbonyl (C=O) groups is 1. The zero-order valence-corrected chi connectivity index (χ0v) is 12.0. The lowest BCUT2D eigenvalue weighted by Gasteiger charge is -2.15. The van der Waals surface area contributed by atoms with E-state index in [-0.39, 0.29) is 17.4 Å². The Balaban J connectivity index is 1.95. The maximum absolute atomic E-state index is 11.9. The summed E-state index contributed by atoms with van der Waals surface area (Å²) in [7, 11) is 1.69. The van der Waals surface area contributed by atoms with Crippen LogP contribution in [0.2, 0.25) is 0 Å². The van der Waals surface area contributed by atoms with Gasteiger partial charge in [-0.25, -0.2) is 4.98 Å². The van der Waals surface area contributed by atoms with E-state index in [0.29, 0.717) is 18.8 Å². The first-order chi connectivity index (χ1) is 10.1. The lowest BCUT2D eigenvalue weighted by molar-refractivity contribution is -0.384. The number of likely N-dealkylation sites (tertiary alicyclic amines) is 1. The van der Waals surface area contributed by atoms with E-state index in [9.17, 15) is 14.9 Å². The summed E-state index contributed by atoms with van der Waals surface area (Å²) in [6.45, 7) is 1.95. The van der Waals surface area contributed by atoms with Gasteiger partial charge in [-0.05, 0) is 18.9 Å². The Labute approximate surface area is 122 Å². The number of nitrogens with zero attached hydrogens (tertiary/aromatic N) is 3. The van der Waals surface area contributed by atoms with Gasteiger partial charge >= 0.3 is 5.69 Å². The fourth-order valence-electron chi connectivity index (χ4n) is 2.28. The molecule has 0 aliphatic carbocycles. The molecule has 0 radical (unpaired) electrons. The first-order valence-corrected chi connectivity index (χ1v) is 6.96. The number of rotatable bonds is 6. The van der Waals surface area contributed by atoms with Crippen molar-refractivity contribution in [2.75, 3.05) is 37.3 Å². The van der Waals surface area contributed by atoms with Crippen molar-refractivity contribution in [3.05, 3.63) is 22.2 Å². The van der Waals surface area contributed by atoms with E-state index >= 15 is 0 Å². The number of nitrogens with one attached hydrogen (secondary N) is 2. The molecule has 8 heteroatoms. The van der Waals surface area contributed by atoms with Gasteiger partial charge in [0.2, 0.25) is 11.7 Å². The molecule has 0 bridgehead atoms. The second-order valence-corrected chi connectivity index (χ2v) is 4.84. The van der Waals surface area contributed by atoms with Gasteiger partial charge in [0, 0.05) is 39.2 Å². The molecule has 1 fully saturated rings. The zero-order chi connectivity index (χ0) is 15.2. The highest BCUT2D eigenvalue weighted by Gasteiger charge is 2.19. The van der Waals surface area contributed by atoms with Crippen LogP contribution in [0.1, 0.15) is 19.3 Å². The highest BCUT2D eigenvalue weighted by molar-refractivity contribution is 5.77. The Kier molecular flexibility index (Phi) is 4.91. The monoisotopic (exact) mass is 293 g/mol. The lowest BCUT2D eigenvalue weighted by atomic mass is 10.3. The number of aromatic nitrogens is 1. The van der Waals surface area contributed by atoms with Crippen molar-refractivity contribution in [1.29, 1.82) is 0 Å². The van der Waals surface area contributed by atoms with E-state index in [1.807, 2.05) is 4.90 Å². The van der Waals surface area contributed by atoms with Crippen LogP contribution in [0.4, 0.5) is 17.3 Å². The molecule has 1 aliphatic rings. The molecule has 1 amide bonds. The molecular weight excluding hydrogens is 274 g/mol. The van der Waals surface area contributed by atoms with Crippen LogP contribution in [0.25, 0.3) is 0 Å². The van der Waals surface area contributed by atoms with Crippen molar-refractivity contribution < 1.29 is 9.72 Å². The van der Waals surface area contributed by atoms with Crippen molar-refractivity contribution in [2.45, 2.75) is 19.3 Å². The Morgan fingerprint density at radius 2 is 2.14 bits per heavy atom. The van der Waals surface area contributed by atoms with E-state index < -0.39 is 4.92 Å². The Morgan fingerprint density at radius 3 is 2.76 bits per heavy atom. The third kappa shape index (κ3) is 3.80. The summed E-state index contributed by atoms with van der Waals surface area (Å²) in [5.41, 5.74) is -0.0948. The molecule has 2 heterocycles. The molecule has 0 aromatic carbocycles. The van der Waals surface area contributed by atoms with E-state index in [1.165, 1.54) is 6.07 Å². The van der Waals surface area contributed by atoms with Crippen molar-refractivity contribution >= 4 is 23.2 Å². The van der Waals surface area contributed by atoms with Crippen LogP contribution in [0.5, 0.6) is 0 Å². The average Bonchev–Trinajstić information content (AvgIpc) is 3.01. The minimum Gasteiger partial charge on any atom is -0.373 e. The fraction of sp³-hybridized carbons (Fsp3) is 0.538. The molecule has 1 aromatic heterocycles. The number of hydrogen-bond acceptors (Lipinski definition) is 6. The second-order valence-electron chi connectivity index (χ2n) is 4.84. The van der Waals surface area contributed by atoms with E-state index in [0.717, 1.165) is 25.9 Å². The fourth-order valence-corrected chi connectivity index (χ4v) is 2.28. The van der Waals surface area contributed by atoms with Crippen LogP contribution in [0, 0.1) is 10.1 Å². The van der Waals surface area contributed by atoms with E-state index in [2.05, 4.69) is 15.6 Å². The third-order valence-corrected chi connectivity index (χ3v) is 3.42. The molecule has 0 spiro atoms. The van der Waals surface area contributed by atoms with Crippen LogP contribution < -0.4 is 10.6 Å². The van der Waals surface area contributed by atoms with Gasteiger partial charge in [-0.1, -0.05) is 0 Å². The molecule has 114 valence electrons. The molecule has 1 aliphatic heterocycles. The van der Waals surface area contributed by atoms with E-state index in [4.69, 9.17) is 0 Å². The van der Waals surface area contributed by atoms with Crippen LogP contribution in [-0.2, 0) is 4.79 Å². The van der Waals surface area contributed by atoms with Crippen molar-refractivity contribution in [3.8, 4) is 0 Å². The molecule has 21 heavy (non-hydrogen) atoms. The van der Waals surface area contributed by atoms with Gasteiger partial charge in [0.15, 0.2) is 0 Å². The maximum atomic E-state index is 11.9. The van der Waals surface area contributed by atoms with Crippen molar-refractivity contribution in [1.82, 2.24) is 9.88 Å². The maximum Gasteiger partial charge on any atom is 0.311 e. The number of amides is 1. The Hall–Kier alpha value is -2.38. The Bertz CT molecular complexity index is 529. The van der Waals surface area contributed by atoms with Crippen molar-refractivity contribution in [3.63, 3.8) is 0 Å². The van der Waals surface area contributed by atoms with E-state index in [1.54, 1.807) is 13.1 Å². The van der Waals surface area contributed by atoms with Gasteiger partial charge in [-0.3, -0.25) is 14.9 Å². The molecule has 2 N–H and O–H groups in total. The first-order valence-electron chi connectivity index (χ1n) is 6.96. The lowest BCUT2D eigenvalue weighted by Crippen LogP contribution is -2.29. The summed E-state index contributed by atoms with van der Waals surface area (Å²) in [5, 5.41) is 16.7. The van der Waals surface area contributed by atoms with Gasteiger partial charge in [0.25, 0.3) is 0 Å². The quantitative estimate of drug-likeness (QED) is 0.608. The summed E-state index contributed by atoms with van der Waals surface area (Å²) < 4.78 is 0. The molecular formula is C13H19N5O3. The summed E-state index contributed by atoms with van der Waals surface area (Å²) >= 11 is 0. The topological polar surface area (TPSA) is 100 Å². The zero-order valence-electron chi connectivity index (χ0n) is 12.0. The second kappa shape index (κ2) is 6.87. The van der Waals surface area contributed by atoms with Crippen LogP contribution in [0.3, 0.4) is 0 Å². The predicted molar refractivity (Wildman–Crippen MR) is 79.4 cm³/mol. The molecule has 1 aromatic rings. The Morgan fingerprint density at radius 1 is 1.43 bits per heavy atom. The van der Waals surface area contributed by atoms with Crippen LogP contribution >= 0.6 is 0 Å². The highest BCUT2D eigenvalue weighted by atomic mass is 16.6. The summed E-state index contributed by atoms with van der Waals surface area (Å²) in [4.78, 5) is 28.3. The number of carbonyl (C=O) groups excluding carboxylic acids is 1. The summed E-state index contributed by atoms with van der Waals surface area (Å²) in [6, 6.07) is 2.93. The van der Waals surface area contributed by atoms with Crippen molar-refractivity contribution in [2.24, 2.45) is 0 Å². The minimum atomic E-state index is -0.489. The first kappa shape index (κ1) is 15.0. The number of pyridine rings is 1. The summed E-state index contributed by atoms with van der Waals surface area (Å²) in [5.74, 6) is 0.794. The molecule has 0 atom stereocenters. The molecule has 0 unspecified atom stereocenters. The average molecular weight is 293 g/mol. The van der Waals surface area contributed by atoms with Crippen LogP contribution in [-0.4, -0.2) is 47.4 Å². The molecule has 8 nitrogen and oxygen atoms in total. The number of anilines is 2. The van der Waals surface area contributed by atoms with Crippen LogP contribution in [0.15, 0.2) is 12.1 Å². The minimum absolute atomic E-state index is 0.0763. The normalized spacial score (nSPS) is 14.0. The smallest absolute Gasteiger partial charge is 0.311 e. The van der Waals surface area contributed by atoms with Gasteiger partial charge in [-0.2, -0.15) is 0 Å². The molecule has 1 saturated heterocycles. The van der Waals surface area contributed by atoms with Gasteiger partial charge in [0.05, 0.1) is 4.92 Å².